The van der Waals surface area contributed by atoms with E-state index in [4.69, 9.17) is 0 Å². The van der Waals surface area contributed by atoms with Crippen LogP contribution in [-0.4, -0.2) is 22.5 Å². The van der Waals surface area contributed by atoms with Crippen LogP contribution in [0.25, 0.3) is 10.9 Å². The standard InChI is InChI=1S/C20H22N2O3/c1-14(23)20(11-3-9-17(20)24)12-4-10-18(25)22-16-8-2-6-15-7-5-13-21-19(15)16/h2,5-8,13H,3-4,9-12H2,1H3,(H,22,25). The fraction of sp³-hybridized carbons (Fsp3) is 0.400. The highest BCUT2D eigenvalue weighted by Crippen LogP contribution is 2.40. The lowest BCUT2D eigenvalue weighted by Crippen LogP contribution is -2.33. The summed E-state index contributed by atoms with van der Waals surface area (Å²) in [6.45, 7) is 1.49. The second-order valence-electron chi connectivity index (χ2n) is 6.70. The van der Waals surface area contributed by atoms with E-state index in [1.807, 2.05) is 30.3 Å². The van der Waals surface area contributed by atoms with Gasteiger partial charge in [-0.05, 0) is 44.7 Å². The summed E-state index contributed by atoms with van der Waals surface area (Å²) in [7, 11) is 0. The normalized spacial score (nSPS) is 20.0. The number of nitrogens with zero attached hydrogens (tertiary/aromatic N) is 1. The van der Waals surface area contributed by atoms with Gasteiger partial charge in [0.2, 0.25) is 5.91 Å². The molecule has 1 aromatic carbocycles. The fourth-order valence-corrected chi connectivity index (χ4v) is 3.71. The SMILES string of the molecule is CC(=O)C1(CCCC(=O)Nc2cccc3cccnc23)CCCC1=O. The van der Waals surface area contributed by atoms with E-state index in [9.17, 15) is 14.4 Å². The van der Waals surface area contributed by atoms with Crippen LogP contribution in [0.3, 0.4) is 0 Å². The molecule has 2 aromatic rings. The Kier molecular flexibility index (Phi) is 4.93. The van der Waals surface area contributed by atoms with Crippen LogP contribution in [0.2, 0.25) is 0 Å². The Morgan fingerprint density at radius 1 is 1.24 bits per heavy atom. The third kappa shape index (κ3) is 3.45. The average Bonchev–Trinajstić information content (AvgIpc) is 2.97. The van der Waals surface area contributed by atoms with Crippen LogP contribution in [0.1, 0.15) is 45.4 Å². The number of fused-ring (bicyclic) bond motifs is 1. The Bertz CT molecular complexity index is 825. The largest absolute Gasteiger partial charge is 0.324 e. The number of carbonyl (C=O) groups excluding carboxylic acids is 3. The fourth-order valence-electron chi connectivity index (χ4n) is 3.71. The monoisotopic (exact) mass is 338 g/mol. The van der Waals surface area contributed by atoms with Crippen molar-refractivity contribution in [3.8, 4) is 0 Å². The molecule has 1 amide bonds. The maximum atomic E-state index is 12.3. The molecule has 1 fully saturated rings. The molecule has 1 heterocycles. The zero-order valence-corrected chi connectivity index (χ0v) is 14.4. The van der Waals surface area contributed by atoms with E-state index in [-0.39, 0.29) is 23.9 Å². The average molecular weight is 338 g/mol. The molecule has 0 spiro atoms. The van der Waals surface area contributed by atoms with Crippen molar-refractivity contribution in [3.63, 3.8) is 0 Å². The lowest BCUT2D eigenvalue weighted by molar-refractivity contribution is -0.138. The van der Waals surface area contributed by atoms with Crippen LogP contribution in [-0.2, 0) is 14.4 Å². The molecule has 0 radical (unpaired) electrons. The minimum Gasteiger partial charge on any atom is -0.324 e. The second kappa shape index (κ2) is 7.13. The number of Topliss-reactive ketones (excluding diaryl/α,β-unsaturated/α-hetero) is 2. The van der Waals surface area contributed by atoms with Gasteiger partial charge in [-0.1, -0.05) is 18.2 Å². The molecule has 1 aliphatic rings. The lowest BCUT2D eigenvalue weighted by Gasteiger charge is -2.23. The molecular weight excluding hydrogens is 316 g/mol. The number of rotatable bonds is 6. The molecular formula is C20H22N2O3. The van der Waals surface area contributed by atoms with E-state index in [0.717, 1.165) is 17.3 Å². The minimum absolute atomic E-state index is 0.0404. The predicted octanol–water partition coefficient (Wildman–Crippen LogP) is 3.67. The number of ketones is 2. The summed E-state index contributed by atoms with van der Waals surface area (Å²) in [4.78, 5) is 40.7. The Morgan fingerprint density at radius 3 is 2.76 bits per heavy atom. The van der Waals surface area contributed by atoms with Gasteiger partial charge in [0, 0.05) is 24.4 Å². The molecule has 5 heteroatoms. The number of nitrogens with one attached hydrogen (secondary N) is 1. The number of hydrogen-bond acceptors (Lipinski definition) is 4. The van der Waals surface area contributed by atoms with Crippen LogP contribution in [0.5, 0.6) is 0 Å². The summed E-state index contributed by atoms with van der Waals surface area (Å²) in [5, 5.41) is 3.86. The van der Waals surface area contributed by atoms with E-state index >= 15 is 0 Å². The quantitative estimate of drug-likeness (QED) is 0.815. The zero-order chi connectivity index (χ0) is 17.9. The van der Waals surface area contributed by atoms with Crippen LogP contribution < -0.4 is 5.32 Å². The van der Waals surface area contributed by atoms with Crippen molar-refractivity contribution in [2.24, 2.45) is 5.41 Å². The second-order valence-corrected chi connectivity index (χ2v) is 6.70. The molecule has 5 nitrogen and oxygen atoms in total. The molecule has 3 rings (SSSR count). The Labute approximate surface area is 146 Å². The van der Waals surface area contributed by atoms with Crippen molar-refractivity contribution in [3.05, 3.63) is 36.5 Å². The maximum Gasteiger partial charge on any atom is 0.224 e. The molecule has 130 valence electrons. The number of hydrogen-bond donors (Lipinski definition) is 1. The molecule has 1 atom stereocenters. The van der Waals surface area contributed by atoms with Crippen molar-refractivity contribution < 1.29 is 14.4 Å². The van der Waals surface area contributed by atoms with Gasteiger partial charge in [-0.15, -0.1) is 0 Å². The van der Waals surface area contributed by atoms with Gasteiger partial charge in [0.05, 0.1) is 16.6 Å². The molecule has 0 aliphatic heterocycles. The molecule has 1 unspecified atom stereocenters. The first kappa shape index (κ1) is 17.3. The summed E-state index contributed by atoms with van der Waals surface area (Å²) in [6.07, 6.45) is 4.83. The van der Waals surface area contributed by atoms with E-state index in [1.165, 1.54) is 6.92 Å². The first-order valence-electron chi connectivity index (χ1n) is 8.71. The number of amides is 1. The third-order valence-corrected chi connectivity index (χ3v) is 5.13. The van der Waals surface area contributed by atoms with Gasteiger partial charge in [0.1, 0.15) is 11.6 Å². The highest BCUT2D eigenvalue weighted by atomic mass is 16.2. The van der Waals surface area contributed by atoms with Gasteiger partial charge >= 0.3 is 0 Å². The number of aromatic nitrogens is 1. The van der Waals surface area contributed by atoms with Crippen molar-refractivity contribution in [2.45, 2.75) is 45.4 Å². The molecule has 1 saturated carbocycles. The minimum atomic E-state index is -0.846. The first-order chi connectivity index (χ1) is 12.0. The topological polar surface area (TPSA) is 76.1 Å². The van der Waals surface area contributed by atoms with Gasteiger partial charge in [-0.25, -0.2) is 0 Å². The van der Waals surface area contributed by atoms with Crippen molar-refractivity contribution in [1.29, 1.82) is 0 Å². The number of benzene rings is 1. The van der Waals surface area contributed by atoms with E-state index in [1.54, 1.807) is 6.20 Å². The van der Waals surface area contributed by atoms with Crippen LogP contribution >= 0.6 is 0 Å². The van der Waals surface area contributed by atoms with Gasteiger partial charge in [0.15, 0.2) is 0 Å². The summed E-state index contributed by atoms with van der Waals surface area (Å²) < 4.78 is 0. The summed E-state index contributed by atoms with van der Waals surface area (Å²) in [5.41, 5.74) is 0.590. The van der Waals surface area contributed by atoms with Crippen LogP contribution in [0.15, 0.2) is 36.5 Å². The third-order valence-electron chi connectivity index (χ3n) is 5.13. The van der Waals surface area contributed by atoms with Gasteiger partial charge in [-0.2, -0.15) is 0 Å². The van der Waals surface area contributed by atoms with Crippen LogP contribution in [0, 0.1) is 5.41 Å². The number of carbonyl (C=O) groups is 3. The van der Waals surface area contributed by atoms with Gasteiger partial charge < -0.3 is 5.32 Å². The smallest absolute Gasteiger partial charge is 0.224 e. The van der Waals surface area contributed by atoms with E-state index in [2.05, 4.69) is 10.3 Å². The highest BCUT2D eigenvalue weighted by Gasteiger charge is 2.45. The van der Waals surface area contributed by atoms with E-state index < -0.39 is 5.41 Å². The molecule has 1 aromatic heterocycles. The Morgan fingerprint density at radius 2 is 2.04 bits per heavy atom. The molecule has 25 heavy (non-hydrogen) atoms. The van der Waals surface area contributed by atoms with Crippen molar-refractivity contribution in [2.75, 3.05) is 5.32 Å². The summed E-state index contributed by atoms with van der Waals surface area (Å²) >= 11 is 0. The van der Waals surface area contributed by atoms with E-state index in [0.29, 0.717) is 31.4 Å². The van der Waals surface area contributed by atoms with Gasteiger partial charge in [-0.3, -0.25) is 19.4 Å². The summed E-state index contributed by atoms with van der Waals surface area (Å²) in [6, 6.07) is 9.45. The highest BCUT2D eigenvalue weighted by molar-refractivity contribution is 6.07. The van der Waals surface area contributed by atoms with Crippen molar-refractivity contribution in [1.82, 2.24) is 4.98 Å². The number of pyridine rings is 1. The lowest BCUT2D eigenvalue weighted by atomic mass is 9.77. The van der Waals surface area contributed by atoms with Crippen molar-refractivity contribution >= 4 is 34.1 Å². The van der Waals surface area contributed by atoms with Gasteiger partial charge in [0.25, 0.3) is 0 Å². The predicted molar refractivity (Wildman–Crippen MR) is 96.2 cm³/mol. The molecule has 1 aliphatic carbocycles. The Balaban J connectivity index is 1.61. The zero-order valence-electron chi connectivity index (χ0n) is 14.4. The first-order valence-corrected chi connectivity index (χ1v) is 8.71. The van der Waals surface area contributed by atoms with Crippen LogP contribution in [0.4, 0.5) is 5.69 Å². The molecule has 0 bridgehead atoms. The Hall–Kier alpha value is -2.56. The molecule has 1 N–H and O–H groups in total. The maximum absolute atomic E-state index is 12.3. The molecule has 0 saturated heterocycles. The number of para-hydroxylation sites is 1. The summed E-state index contributed by atoms with van der Waals surface area (Å²) in [5.74, 6) is -0.144. The number of anilines is 1.